The Bertz CT molecular complexity index is 576. The Kier molecular flexibility index (Phi) is 5.42. The smallest absolute Gasteiger partial charge is 0.282 e. The van der Waals surface area contributed by atoms with Gasteiger partial charge in [0, 0.05) is 0 Å². The lowest BCUT2D eigenvalue weighted by Crippen LogP contribution is -2.25. The maximum Gasteiger partial charge on any atom is 0.294 e. The van der Waals surface area contributed by atoms with Crippen LogP contribution >= 0.6 is 0 Å². The van der Waals surface area contributed by atoms with Crippen molar-refractivity contribution < 1.29 is 13.0 Å². The molecule has 23 heavy (non-hydrogen) atoms. The van der Waals surface area contributed by atoms with Crippen molar-refractivity contribution in [2.45, 2.75) is 75.0 Å². The first-order valence-corrected chi connectivity index (χ1v) is 10.6. The predicted molar refractivity (Wildman–Crippen MR) is 92.1 cm³/mol. The van der Waals surface area contributed by atoms with Crippen molar-refractivity contribution >= 4 is 10.1 Å². The first kappa shape index (κ1) is 17.0. The van der Waals surface area contributed by atoms with Crippen LogP contribution in [-0.4, -0.2) is 13.0 Å². The van der Waals surface area contributed by atoms with Gasteiger partial charge in [0.05, 0.1) is 4.90 Å². The van der Waals surface area contributed by atoms with Crippen LogP contribution in [0.5, 0.6) is 0 Å². The maximum atomic E-state index is 11.3. The monoisotopic (exact) mass is 336 g/mol. The standard InChI is InChI=1S/C19H28O3S/c20-23(21,22)18-13-11-17(12-14-18)19(15-7-3-1-4-8-15)16-9-5-2-6-10-16/h11-16,19H,1-10H2,(H,20,21,22). The van der Waals surface area contributed by atoms with E-state index in [1.807, 2.05) is 12.1 Å². The molecule has 0 aliphatic heterocycles. The molecule has 2 fully saturated rings. The van der Waals surface area contributed by atoms with E-state index in [1.165, 1.54) is 69.8 Å². The molecule has 2 saturated carbocycles. The van der Waals surface area contributed by atoms with Gasteiger partial charge in [0.1, 0.15) is 0 Å². The topological polar surface area (TPSA) is 54.4 Å². The first-order chi connectivity index (χ1) is 11.1. The Hall–Kier alpha value is -0.870. The minimum absolute atomic E-state index is 0.00675. The molecule has 0 unspecified atom stereocenters. The normalized spacial score (nSPS) is 21.7. The second-order valence-electron chi connectivity index (χ2n) is 7.37. The van der Waals surface area contributed by atoms with Crippen molar-refractivity contribution in [1.82, 2.24) is 0 Å². The molecule has 0 radical (unpaired) electrons. The van der Waals surface area contributed by atoms with Crippen molar-refractivity contribution in [1.29, 1.82) is 0 Å². The average Bonchev–Trinajstić information content (AvgIpc) is 2.57. The molecule has 3 nitrogen and oxygen atoms in total. The average molecular weight is 336 g/mol. The molecule has 0 saturated heterocycles. The van der Waals surface area contributed by atoms with Crippen molar-refractivity contribution in [2.75, 3.05) is 0 Å². The Labute approximate surface area is 140 Å². The van der Waals surface area contributed by atoms with Gasteiger partial charge in [-0.15, -0.1) is 0 Å². The summed E-state index contributed by atoms with van der Waals surface area (Å²) < 4.78 is 31.7. The van der Waals surface area contributed by atoms with Crippen LogP contribution in [0.15, 0.2) is 29.2 Å². The van der Waals surface area contributed by atoms with Gasteiger partial charge in [0.25, 0.3) is 10.1 Å². The van der Waals surface area contributed by atoms with Gasteiger partial charge >= 0.3 is 0 Å². The van der Waals surface area contributed by atoms with Crippen LogP contribution in [0.3, 0.4) is 0 Å². The van der Waals surface area contributed by atoms with E-state index < -0.39 is 10.1 Å². The van der Waals surface area contributed by atoms with Crippen LogP contribution in [0.2, 0.25) is 0 Å². The summed E-state index contributed by atoms with van der Waals surface area (Å²) in [7, 11) is -4.10. The Morgan fingerprint density at radius 3 is 1.61 bits per heavy atom. The van der Waals surface area contributed by atoms with Gasteiger partial charge in [-0.3, -0.25) is 4.55 Å². The molecule has 0 heterocycles. The molecule has 0 spiro atoms. The molecule has 128 valence electrons. The second kappa shape index (κ2) is 7.35. The van der Waals surface area contributed by atoms with E-state index in [0.717, 1.165) is 11.8 Å². The minimum atomic E-state index is -4.10. The van der Waals surface area contributed by atoms with Crippen LogP contribution in [0.1, 0.15) is 75.7 Å². The van der Waals surface area contributed by atoms with Gasteiger partial charge < -0.3 is 0 Å². The Morgan fingerprint density at radius 1 is 0.783 bits per heavy atom. The van der Waals surface area contributed by atoms with Gasteiger partial charge in [-0.2, -0.15) is 8.42 Å². The van der Waals surface area contributed by atoms with Crippen molar-refractivity contribution in [2.24, 2.45) is 11.8 Å². The van der Waals surface area contributed by atoms with Crippen LogP contribution in [0, 0.1) is 11.8 Å². The molecular weight excluding hydrogens is 308 g/mol. The zero-order valence-electron chi connectivity index (χ0n) is 13.8. The third-order valence-electron chi connectivity index (χ3n) is 5.88. The molecule has 0 atom stereocenters. The molecule has 0 amide bonds. The lowest BCUT2D eigenvalue weighted by molar-refractivity contribution is 0.202. The summed E-state index contributed by atoms with van der Waals surface area (Å²) in [5, 5.41) is 0. The molecule has 1 aromatic carbocycles. The summed E-state index contributed by atoms with van der Waals surface area (Å²) >= 11 is 0. The number of hydrogen-bond acceptors (Lipinski definition) is 2. The number of benzene rings is 1. The summed E-state index contributed by atoms with van der Waals surface area (Å²) in [5.74, 6) is 2.04. The highest BCUT2D eigenvalue weighted by Gasteiger charge is 2.32. The molecule has 3 rings (SSSR count). The molecule has 2 aliphatic rings. The molecule has 1 N–H and O–H groups in total. The van der Waals surface area contributed by atoms with Crippen molar-refractivity contribution in [3.63, 3.8) is 0 Å². The first-order valence-electron chi connectivity index (χ1n) is 9.13. The Balaban J connectivity index is 1.87. The predicted octanol–water partition coefficient (Wildman–Crippen LogP) is 5.18. The van der Waals surface area contributed by atoms with Gasteiger partial charge in [-0.05, 0) is 61.1 Å². The van der Waals surface area contributed by atoms with E-state index >= 15 is 0 Å². The molecule has 0 aromatic heterocycles. The fourth-order valence-corrected chi connectivity index (χ4v) is 5.26. The van der Waals surface area contributed by atoms with Crippen LogP contribution in [0.25, 0.3) is 0 Å². The largest absolute Gasteiger partial charge is 0.294 e. The number of rotatable bonds is 4. The van der Waals surface area contributed by atoms with E-state index in [0.29, 0.717) is 5.92 Å². The summed E-state index contributed by atoms with van der Waals surface area (Å²) in [4.78, 5) is 0.00675. The van der Waals surface area contributed by atoms with Gasteiger partial charge in [0.2, 0.25) is 0 Å². The van der Waals surface area contributed by atoms with Gasteiger partial charge in [-0.1, -0.05) is 50.7 Å². The number of hydrogen-bond donors (Lipinski definition) is 1. The minimum Gasteiger partial charge on any atom is -0.282 e. The zero-order chi connectivity index (χ0) is 16.3. The van der Waals surface area contributed by atoms with Gasteiger partial charge in [0.15, 0.2) is 0 Å². The third kappa shape index (κ3) is 4.16. The SMILES string of the molecule is O=S(=O)(O)c1ccc(C(C2CCCCC2)C2CCCCC2)cc1. The molecule has 2 aliphatic carbocycles. The fraction of sp³-hybridized carbons (Fsp3) is 0.684. The highest BCUT2D eigenvalue weighted by molar-refractivity contribution is 7.85. The summed E-state index contributed by atoms with van der Waals surface area (Å²) in [6, 6.07) is 7.03. The molecular formula is C19H28O3S. The summed E-state index contributed by atoms with van der Waals surface area (Å²) in [6.45, 7) is 0. The lowest BCUT2D eigenvalue weighted by atomic mass is 9.67. The third-order valence-corrected chi connectivity index (χ3v) is 6.75. The maximum absolute atomic E-state index is 11.3. The summed E-state index contributed by atoms with van der Waals surface area (Å²) in [5.41, 5.74) is 1.27. The highest BCUT2D eigenvalue weighted by Crippen LogP contribution is 2.45. The quantitative estimate of drug-likeness (QED) is 0.771. The fourth-order valence-electron chi connectivity index (χ4n) is 4.78. The lowest BCUT2D eigenvalue weighted by Gasteiger charge is -2.38. The molecule has 4 heteroatoms. The van der Waals surface area contributed by atoms with Crippen LogP contribution in [-0.2, 0) is 10.1 Å². The van der Waals surface area contributed by atoms with Crippen LogP contribution in [0.4, 0.5) is 0 Å². The van der Waals surface area contributed by atoms with E-state index in [9.17, 15) is 13.0 Å². The zero-order valence-corrected chi connectivity index (χ0v) is 14.6. The van der Waals surface area contributed by atoms with E-state index in [-0.39, 0.29) is 4.90 Å². The molecule has 1 aromatic rings. The molecule has 0 bridgehead atoms. The van der Waals surface area contributed by atoms with Gasteiger partial charge in [-0.25, -0.2) is 0 Å². The Morgan fingerprint density at radius 2 is 1.22 bits per heavy atom. The van der Waals surface area contributed by atoms with E-state index in [4.69, 9.17) is 0 Å². The van der Waals surface area contributed by atoms with Crippen molar-refractivity contribution in [3.05, 3.63) is 29.8 Å². The van der Waals surface area contributed by atoms with E-state index in [2.05, 4.69) is 0 Å². The van der Waals surface area contributed by atoms with E-state index in [1.54, 1.807) is 12.1 Å². The summed E-state index contributed by atoms with van der Waals surface area (Å²) in [6.07, 6.45) is 13.3. The van der Waals surface area contributed by atoms with Crippen LogP contribution < -0.4 is 0 Å². The second-order valence-corrected chi connectivity index (χ2v) is 8.79. The van der Waals surface area contributed by atoms with Crippen molar-refractivity contribution in [3.8, 4) is 0 Å². The highest BCUT2D eigenvalue weighted by atomic mass is 32.2.